The Kier molecular flexibility index (Phi) is 7.51. The summed E-state index contributed by atoms with van der Waals surface area (Å²) >= 11 is 0. The smallest absolute Gasteiger partial charge is 0.234 e. The number of hydrogen-bond acceptors (Lipinski definition) is 4. The second kappa shape index (κ2) is 11.3. The molecule has 1 aliphatic rings. The third-order valence-electron chi connectivity index (χ3n) is 6.69. The summed E-state index contributed by atoms with van der Waals surface area (Å²) in [6.07, 6.45) is 0.865. The van der Waals surface area contributed by atoms with E-state index < -0.39 is 0 Å². The van der Waals surface area contributed by atoms with Crippen LogP contribution in [0.3, 0.4) is 0 Å². The molecule has 4 aromatic rings. The van der Waals surface area contributed by atoms with Crippen molar-refractivity contribution >= 4 is 16.9 Å². The van der Waals surface area contributed by atoms with Gasteiger partial charge in [-0.3, -0.25) is 14.6 Å². The van der Waals surface area contributed by atoms with Gasteiger partial charge in [0.25, 0.3) is 0 Å². The van der Waals surface area contributed by atoms with Gasteiger partial charge in [-0.15, -0.1) is 0 Å². The third-order valence-corrected chi connectivity index (χ3v) is 6.69. The zero-order valence-corrected chi connectivity index (χ0v) is 20.1. The minimum absolute atomic E-state index is 0.110. The predicted molar refractivity (Wildman–Crippen MR) is 140 cm³/mol. The van der Waals surface area contributed by atoms with Crippen molar-refractivity contribution in [1.29, 1.82) is 0 Å². The summed E-state index contributed by atoms with van der Waals surface area (Å²) in [5.41, 5.74) is 4.75. The number of carbonyl (C=O) groups is 1. The molecule has 1 aliphatic heterocycles. The number of para-hydroxylation sites is 2. The molecule has 0 unspecified atom stereocenters. The van der Waals surface area contributed by atoms with Gasteiger partial charge < -0.3 is 9.88 Å². The van der Waals surface area contributed by atoms with Crippen molar-refractivity contribution < 1.29 is 4.79 Å². The molecule has 0 radical (unpaired) electrons. The Morgan fingerprint density at radius 1 is 0.743 bits per heavy atom. The Morgan fingerprint density at radius 2 is 1.37 bits per heavy atom. The molecule has 0 spiro atoms. The monoisotopic (exact) mass is 467 g/mol. The Bertz CT molecular complexity index is 1230. The molecule has 6 heteroatoms. The summed E-state index contributed by atoms with van der Waals surface area (Å²) < 4.78 is 2.34. The maximum Gasteiger partial charge on any atom is 0.234 e. The normalized spacial score (nSPS) is 14.9. The zero-order chi connectivity index (χ0) is 23.9. The van der Waals surface area contributed by atoms with Crippen LogP contribution in [-0.4, -0.2) is 64.5 Å². The maximum absolute atomic E-state index is 12.4. The first kappa shape index (κ1) is 23.3. The summed E-state index contributed by atoms with van der Waals surface area (Å²) in [6, 6.07) is 29.2. The molecule has 0 aliphatic carbocycles. The van der Waals surface area contributed by atoms with E-state index in [1.807, 2.05) is 18.2 Å². The van der Waals surface area contributed by atoms with Gasteiger partial charge in [-0.1, -0.05) is 72.8 Å². The second-order valence-corrected chi connectivity index (χ2v) is 9.23. The molecule has 1 amide bonds. The van der Waals surface area contributed by atoms with Crippen LogP contribution in [0.15, 0.2) is 84.9 Å². The molecule has 3 aromatic carbocycles. The summed E-state index contributed by atoms with van der Waals surface area (Å²) in [6.45, 7) is 6.45. The Labute approximate surface area is 207 Å². The molecule has 2 heterocycles. The van der Waals surface area contributed by atoms with Gasteiger partial charge >= 0.3 is 0 Å². The minimum atomic E-state index is 0.110. The van der Waals surface area contributed by atoms with E-state index >= 15 is 0 Å². The Hall–Kier alpha value is -3.48. The summed E-state index contributed by atoms with van der Waals surface area (Å²) in [7, 11) is 0. The fourth-order valence-electron chi connectivity index (χ4n) is 4.74. The number of carbonyl (C=O) groups excluding carboxylic acids is 1. The van der Waals surface area contributed by atoms with E-state index in [0.717, 1.165) is 57.0 Å². The lowest BCUT2D eigenvalue weighted by molar-refractivity contribution is -0.122. The van der Waals surface area contributed by atoms with Crippen LogP contribution in [0.5, 0.6) is 0 Å². The SMILES string of the molecule is O=C(CN1CCN(Cc2nc3ccccc3n2Cc2ccccc2)CC1)NCCc1ccccc1. The van der Waals surface area contributed by atoms with Gasteiger partial charge in [0.15, 0.2) is 0 Å². The van der Waals surface area contributed by atoms with Gasteiger partial charge in [-0.2, -0.15) is 0 Å². The lowest BCUT2D eigenvalue weighted by Gasteiger charge is -2.34. The highest BCUT2D eigenvalue weighted by Crippen LogP contribution is 2.20. The largest absolute Gasteiger partial charge is 0.355 e. The number of nitrogens with one attached hydrogen (secondary N) is 1. The number of amides is 1. The predicted octanol–water partition coefficient (Wildman–Crippen LogP) is 3.56. The van der Waals surface area contributed by atoms with E-state index in [9.17, 15) is 4.79 Å². The fourth-order valence-corrected chi connectivity index (χ4v) is 4.74. The number of imidazole rings is 1. The molecule has 0 saturated carbocycles. The Morgan fingerprint density at radius 3 is 2.11 bits per heavy atom. The van der Waals surface area contributed by atoms with Crippen molar-refractivity contribution in [3.63, 3.8) is 0 Å². The minimum Gasteiger partial charge on any atom is -0.355 e. The zero-order valence-electron chi connectivity index (χ0n) is 20.1. The van der Waals surface area contributed by atoms with Crippen LogP contribution in [0.1, 0.15) is 17.0 Å². The number of fused-ring (bicyclic) bond motifs is 1. The van der Waals surface area contributed by atoms with Crippen molar-refractivity contribution in [1.82, 2.24) is 24.7 Å². The molecule has 180 valence electrons. The number of hydrogen-bond donors (Lipinski definition) is 1. The molecule has 1 aromatic heterocycles. The topological polar surface area (TPSA) is 53.4 Å². The van der Waals surface area contributed by atoms with Crippen molar-refractivity contribution in [2.45, 2.75) is 19.5 Å². The van der Waals surface area contributed by atoms with E-state index in [-0.39, 0.29) is 5.91 Å². The van der Waals surface area contributed by atoms with Gasteiger partial charge in [0.1, 0.15) is 5.82 Å². The Balaban J connectivity index is 1.14. The quantitative estimate of drug-likeness (QED) is 0.409. The number of piperazine rings is 1. The maximum atomic E-state index is 12.4. The highest BCUT2D eigenvalue weighted by Gasteiger charge is 2.21. The number of nitrogens with zero attached hydrogens (tertiary/aromatic N) is 4. The number of aromatic nitrogens is 2. The molecule has 0 bridgehead atoms. The highest BCUT2D eigenvalue weighted by atomic mass is 16.2. The first-order valence-electron chi connectivity index (χ1n) is 12.5. The average Bonchev–Trinajstić information content (AvgIpc) is 3.23. The average molecular weight is 468 g/mol. The summed E-state index contributed by atoms with van der Waals surface area (Å²) in [4.78, 5) is 22.1. The van der Waals surface area contributed by atoms with Gasteiger partial charge in [0, 0.05) is 39.3 Å². The van der Waals surface area contributed by atoms with Gasteiger partial charge in [-0.25, -0.2) is 4.98 Å². The van der Waals surface area contributed by atoms with E-state index in [1.54, 1.807) is 0 Å². The first-order chi connectivity index (χ1) is 17.2. The molecular formula is C29H33N5O. The highest BCUT2D eigenvalue weighted by molar-refractivity contribution is 5.78. The molecule has 1 fully saturated rings. The summed E-state index contributed by atoms with van der Waals surface area (Å²) in [5, 5.41) is 3.07. The van der Waals surface area contributed by atoms with E-state index in [2.05, 4.69) is 86.4 Å². The van der Waals surface area contributed by atoms with Crippen LogP contribution in [0, 0.1) is 0 Å². The van der Waals surface area contributed by atoms with Crippen molar-refractivity contribution in [2.24, 2.45) is 0 Å². The van der Waals surface area contributed by atoms with Crippen LogP contribution >= 0.6 is 0 Å². The molecule has 6 nitrogen and oxygen atoms in total. The number of benzene rings is 3. The molecule has 1 N–H and O–H groups in total. The molecule has 0 atom stereocenters. The van der Waals surface area contributed by atoms with Gasteiger partial charge in [0.05, 0.1) is 24.1 Å². The van der Waals surface area contributed by atoms with E-state index in [1.165, 1.54) is 16.6 Å². The lowest BCUT2D eigenvalue weighted by atomic mass is 10.1. The molecule has 35 heavy (non-hydrogen) atoms. The summed E-state index contributed by atoms with van der Waals surface area (Å²) in [5.74, 6) is 1.21. The number of rotatable bonds is 9. The van der Waals surface area contributed by atoms with Crippen LogP contribution in [-0.2, 0) is 24.3 Å². The van der Waals surface area contributed by atoms with E-state index in [4.69, 9.17) is 4.98 Å². The first-order valence-corrected chi connectivity index (χ1v) is 12.5. The van der Waals surface area contributed by atoms with Crippen LogP contribution in [0.2, 0.25) is 0 Å². The molecule has 1 saturated heterocycles. The van der Waals surface area contributed by atoms with Crippen molar-refractivity contribution in [2.75, 3.05) is 39.3 Å². The van der Waals surface area contributed by atoms with Gasteiger partial charge in [0.2, 0.25) is 5.91 Å². The molecular weight excluding hydrogens is 434 g/mol. The van der Waals surface area contributed by atoms with Crippen LogP contribution in [0.4, 0.5) is 0 Å². The van der Waals surface area contributed by atoms with E-state index in [0.29, 0.717) is 13.1 Å². The van der Waals surface area contributed by atoms with Gasteiger partial charge in [-0.05, 0) is 29.7 Å². The third kappa shape index (κ3) is 6.15. The van der Waals surface area contributed by atoms with Crippen molar-refractivity contribution in [3.05, 3.63) is 102 Å². The standard InChI is InChI=1S/C29H33N5O/c35-29(30-16-15-24-9-3-1-4-10-24)23-33-19-17-32(18-20-33)22-28-31-26-13-7-8-14-27(26)34(28)21-25-11-5-2-6-12-25/h1-14H,15-23H2,(H,30,35). The van der Waals surface area contributed by atoms with Crippen LogP contribution in [0.25, 0.3) is 11.0 Å². The molecule has 5 rings (SSSR count). The fraction of sp³-hybridized carbons (Fsp3) is 0.310. The second-order valence-electron chi connectivity index (χ2n) is 9.23. The van der Waals surface area contributed by atoms with Crippen LogP contribution < -0.4 is 5.32 Å². The lowest BCUT2D eigenvalue weighted by Crippen LogP contribution is -2.49. The van der Waals surface area contributed by atoms with Crippen molar-refractivity contribution in [3.8, 4) is 0 Å².